The van der Waals surface area contributed by atoms with Crippen LogP contribution in [0, 0.1) is 5.82 Å². The van der Waals surface area contributed by atoms with Gasteiger partial charge in [0, 0.05) is 52.6 Å². The van der Waals surface area contributed by atoms with Crippen molar-refractivity contribution < 1.29 is 17.5 Å². The lowest BCUT2D eigenvalue weighted by molar-refractivity contribution is 0.144. The molecular weight excluding hydrogens is 383 g/mol. The molecule has 9 heteroatoms. The first-order valence-electron chi connectivity index (χ1n) is 9.45. The molecule has 0 bridgehead atoms. The Balaban J connectivity index is 1.87. The highest BCUT2D eigenvalue weighted by Crippen LogP contribution is 2.25. The molecule has 1 aromatic carbocycles. The Morgan fingerprint density at radius 2 is 2.04 bits per heavy atom. The van der Waals surface area contributed by atoms with Crippen molar-refractivity contribution in [2.75, 3.05) is 46.7 Å². The second-order valence-corrected chi connectivity index (χ2v) is 9.24. The summed E-state index contributed by atoms with van der Waals surface area (Å²) >= 11 is 0. The number of hydrogen-bond donors (Lipinski definition) is 2. The molecule has 0 aromatic heterocycles. The van der Waals surface area contributed by atoms with E-state index in [9.17, 15) is 12.8 Å². The number of guanidine groups is 1. The first-order valence-corrected chi connectivity index (χ1v) is 11.5. The molecule has 0 spiro atoms. The van der Waals surface area contributed by atoms with Crippen molar-refractivity contribution in [3.8, 4) is 0 Å². The molecule has 0 amide bonds. The van der Waals surface area contributed by atoms with Crippen molar-refractivity contribution in [3.63, 3.8) is 0 Å². The van der Waals surface area contributed by atoms with Crippen molar-refractivity contribution in [2.45, 2.75) is 31.2 Å². The Kier molecular flexibility index (Phi) is 8.65. The molecule has 0 radical (unpaired) electrons. The Morgan fingerprint density at radius 1 is 1.29 bits per heavy atom. The minimum Gasteiger partial charge on any atom is -0.383 e. The van der Waals surface area contributed by atoms with E-state index in [2.05, 4.69) is 20.5 Å². The van der Waals surface area contributed by atoms with Crippen molar-refractivity contribution in [1.82, 2.24) is 15.5 Å². The van der Waals surface area contributed by atoms with Gasteiger partial charge in [-0.15, -0.1) is 0 Å². The van der Waals surface area contributed by atoms with E-state index in [1.165, 1.54) is 37.3 Å². The molecule has 0 heterocycles. The SMILES string of the molecule is CN=C(NCCN(CCOC)C1CC1)NCc1cc(F)ccc1CS(C)(=O)=O. The zero-order chi connectivity index (χ0) is 20.6. The van der Waals surface area contributed by atoms with Crippen LogP contribution < -0.4 is 10.6 Å². The first kappa shape index (κ1) is 22.6. The van der Waals surface area contributed by atoms with Crippen molar-refractivity contribution in [3.05, 3.63) is 35.1 Å². The molecule has 1 fully saturated rings. The number of aliphatic imine (C=N–C) groups is 1. The molecule has 0 unspecified atom stereocenters. The summed E-state index contributed by atoms with van der Waals surface area (Å²) in [4.78, 5) is 6.59. The molecule has 28 heavy (non-hydrogen) atoms. The van der Waals surface area contributed by atoms with E-state index in [1.54, 1.807) is 14.2 Å². The molecule has 1 aromatic rings. The normalized spacial score (nSPS) is 15.1. The van der Waals surface area contributed by atoms with Crippen LogP contribution in [-0.4, -0.2) is 72.0 Å². The maximum Gasteiger partial charge on any atom is 0.191 e. The maximum atomic E-state index is 13.6. The zero-order valence-corrected chi connectivity index (χ0v) is 17.7. The summed E-state index contributed by atoms with van der Waals surface area (Å²) in [5.74, 6) is 0.0823. The summed E-state index contributed by atoms with van der Waals surface area (Å²) in [6, 6.07) is 4.81. The minimum absolute atomic E-state index is 0.119. The topological polar surface area (TPSA) is 83.0 Å². The highest BCUT2D eigenvalue weighted by molar-refractivity contribution is 7.89. The van der Waals surface area contributed by atoms with Gasteiger partial charge in [0.15, 0.2) is 15.8 Å². The van der Waals surface area contributed by atoms with E-state index in [0.29, 0.717) is 29.7 Å². The van der Waals surface area contributed by atoms with Crippen LogP contribution in [0.3, 0.4) is 0 Å². The third kappa shape index (κ3) is 8.12. The van der Waals surface area contributed by atoms with Crippen LogP contribution >= 0.6 is 0 Å². The summed E-state index contributed by atoms with van der Waals surface area (Å²) in [6.45, 7) is 3.52. The lowest BCUT2D eigenvalue weighted by atomic mass is 10.1. The van der Waals surface area contributed by atoms with E-state index in [1.807, 2.05) is 0 Å². The minimum atomic E-state index is -3.20. The van der Waals surface area contributed by atoms with Crippen LogP contribution in [0.5, 0.6) is 0 Å². The summed E-state index contributed by atoms with van der Waals surface area (Å²) in [5.41, 5.74) is 1.19. The van der Waals surface area contributed by atoms with Crippen LogP contribution in [0.4, 0.5) is 4.39 Å². The van der Waals surface area contributed by atoms with E-state index in [4.69, 9.17) is 4.74 Å². The van der Waals surface area contributed by atoms with Crippen LogP contribution in [0.25, 0.3) is 0 Å². The van der Waals surface area contributed by atoms with Crippen LogP contribution in [0.2, 0.25) is 0 Å². The summed E-state index contributed by atoms with van der Waals surface area (Å²) in [6.07, 6.45) is 3.64. The average molecular weight is 415 g/mol. The number of methoxy groups -OCH3 is 1. The van der Waals surface area contributed by atoms with Gasteiger partial charge in [-0.25, -0.2) is 12.8 Å². The molecule has 0 saturated heterocycles. The highest BCUT2D eigenvalue weighted by atomic mass is 32.2. The smallest absolute Gasteiger partial charge is 0.191 e. The monoisotopic (exact) mass is 414 g/mol. The fourth-order valence-electron chi connectivity index (χ4n) is 3.02. The van der Waals surface area contributed by atoms with Gasteiger partial charge in [0.1, 0.15) is 5.82 Å². The van der Waals surface area contributed by atoms with Gasteiger partial charge in [0.25, 0.3) is 0 Å². The molecule has 1 aliphatic rings. The van der Waals surface area contributed by atoms with Gasteiger partial charge >= 0.3 is 0 Å². The second-order valence-electron chi connectivity index (χ2n) is 7.10. The van der Waals surface area contributed by atoms with Gasteiger partial charge < -0.3 is 15.4 Å². The fraction of sp³-hybridized carbons (Fsp3) is 0.632. The number of halogens is 1. The third-order valence-electron chi connectivity index (χ3n) is 4.59. The molecular formula is C19H31FN4O3S. The molecule has 2 N–H and O–H groups in total. The largest absolute Gasteiger partial charge is 0.383 e. The summed E-state index contributed by atoms with van der Waals surface area (Å²) in [5, 5.41) is 6.39. The molecule has 7 nitrogen and oxygen atoms in total. The van der Waals surface area contributed by atoms with Gasteiger partial charge in [-0.05, 0) is 36.1 Å². The molecule has 158 valence electrons. The number of ether oxygens (including phenoxy) is 1. The van der Waals surface area contributed by atoms with Crippen LogP contribution in [0.15, 0.2) is 23.2 Å². The Labute approximate surface area is 167 Å². The lowest BCUT2D eigenvalue weighted by Crippen LogP contribution is -2.42. The molecule has 1 saturated carbocycles. The lowest BCUT2D eigenvalue weighted by Gasteiger charge is -2.22. The predicted molar refractivity (Wildman–Crippen MR) is 110 cm³/mol. The Bertz CT molecular complexity index is 766. The van der Waals surface area contributed by atoms with Crippen LogP contribution in [0.1, 0.15) is 24.0 Å². The number of nitrogens with one attached hydrogen (secondary N) is 2. The first-order chi connectivity index (χ1) is 13.3. The van der Waals surface area contributed by atoms with Crippen LogP contribution in [-0.2, 0) is 26.9 Å². The Hall–Kier alpha value is -1.71. The number of rotatable bonds is 11. The molecule has 1 aliphatic carbocycles. The molecule has 0 atom stereocenters. The van der Waals surface area contributed by atoms with E-state index >= 15 is 0 Å². The van der Waals surface area contributed by atoms with Gasteiger partial charge in [-0.1, -0.05) is 6.07 Å². The maximum absolute atomic E-state index is 13.6. The van der Waals surface area contributed by atoms with E-state index < -0.39 is 15.7 Å². The number of sulfone groups is 1. The molecule has 2 rings (SSSR count). The van der Waals surface area contributed by atoms with E-state index in [-0.39, 0.29) is 12.3 Å². The molecule has 0 aliphatic heterocycles. The standard InChI is InChI=1S/C19H31FN4O3S/c1-21-19(22-8-9-24(10-11-27-2)18-6-7-18)23-13-16-12-17(20)5-4-15(16)14-28(3,25)26/h4-5,12,18H,6-11,13-14H2,1-3H3,(H2,21,22,23). The second kappa shape index (κ2) is 10.7. The average Bonchev–Trinajstić information content (AvgIpc) is 3.46. The number of hydrogen-bond acceptors (Lipinski definition) is 5. The predicted octanol–water partition coefficient (Wildman–Crippen LogP) is 1.15. The zero-order valence-electron chi connectivity index (χ0n) is 16.9. The van der Waals surface area contributed by atoms with Gasteiger partial charge in [0.05, 0.1) is 12.4 Å². The fourth-order valence-corrected chi connectivity index (χ4v) is 3.87. The van der Waals surface area contributed by atoms with Crippen molar-refractivity contribution in [2.24, 2.45) is 4.99 Å². The quantitative estimate of drug-likeness (QED) is 0.418. The van der Waals surface area contributed by atoms with Gasteiger partial charge in [0.2, 0.25) is 0 Å². The van der Waals surface area contributed by atoms with Crippen molar-refractivity contribution in [1.29, 1.82) is 0 Å². The highest BCUT2D eigenvalue weighted by Gasteiger charge is 2.28. The Morgan fingerprint density at radius 3 is 2.64 bits per heavy atom. The van der Waals surface area contributed by atoms with E-state index in [0.717, 1.165) is 19.6 Å². The summed E-state index contributed by atoms with van der Waals surface area (Å²) < 4.78 is 42.0. The van der Waals surface area contributed by atoms with Gasteiger partial charge in [-0.2, -0.15) is 0 Å². The van der Waals surface area contributed by atoms with Gasteiger partial charge in [-0.3, -0.25) is 9.89 Å². The third-order valence-corrected chi connectivity index (χ3v) is 5.43. The summed E-state index contributed by atoms with van der Waals surface area (Å²) in [7, 11) is 0.174. The van der Waals surface area contributed by atoms with Crippen molar-refractivity contribution >= 4 is 15.8 Å². The number of nitrogens with zero attached hydrogens (tertiary/aromatic N) is 2. The number of benzene rings is 1.